The predicted molar refractivity (Wildman–Crippen MR) is 125 cm³/mol. The molecule has 1 saturated heterocycles. The van der Waals surface area contributed by atoms with E-state index >= 15 is 0 Å². The molecule has 1 amide bonds. The van der Waals surface area contributed by atoms with Crippen LogP contribution >= 0.6 is 11.3 Å². The van der Waals surface area contributed by atoms with E-state index in [9.17, 15) is 26.7 Å². The van der Waals surface area contributed by atoms with E-state index in [-0.39, 0.29) is 29.7 Å². The second kappa shape index (κ2) is 10.6. The van der Waals surface area contributed by atoms with E-state index < -0.39 is 36.2 Å². The lowest BCUT2D eigenvalue weighted by Crippen LogP contribution is -2.40. The number of hydrogen-bond donors (Lipinski definition) is 0. The van der Waals surface area contributed by atoms with Gasteiger partial charge in [0.05, 0.1) is 28.7 Å². The van der Waals surface area contributed by atoms with Gasteiger partial charge in [0.2, 0.25) is 5.88 Å². The molecular formula is C24H20F5N5O3S. The number of nitrogens with zero attached hydrogens (tertiary/aromatic N) is 5. The molecule has 0 radical (unpaired) electrons. The Labute approximate surface area is 217 Å². The predicted octanol–water partition coefficient (Wildman–Crippen LogP) is 4.88. The van der Waals surface area contributed by atoms with Gasteiger partial charge in [-0.05, 0) is 25.0 Å². The van der Waals surface area contributed by atoms with E-state index in [2.05, 4.69) is 20.1 Å². The van der Waals surface area contributed by atoms with Gasteiger partial charge in [0, 0.05) is 30.8 Å². The molecule has 1 atom stereocenters. The number of hydrogen-bond acceptors (Lipinski definition) is 8. The number of carbonyl (C=O) groups is 1. The summed E-state index contributed by atoms with van der Waals surface area (Å²) in [6.07, 6.45) is -2.48. The summed E-state index contributed by atoms with van der Waals surface area (Å²) in [4.78, 5) is 30.8. The van der Waals surface area contributed by atoms with Crippen molar-refractivity contribution in [3.05, 3.63) is 69.6 Å². The molecule has 0 aliphatic carbocycles. The van der Waals surface area contributed by atoms with Gasteiger partial charge in [0.1, 0.15) is 17.3 Å². The van der Waals surface area contributed by atoms with Gasteiger partial charge >= 0.3 is 6.18 Å². The Kier molecular flexibility index (Phi) is 7.23. The van der Waals surface area contributed by atoms with Crippen LogP contribution in [0.1, 0.15) is 53.2 Å². The highest BCUT2D eigenvalue weighted by molar-refractivity contribution is 7.10. The normalized spacial score (nSPS) is 18.3. The Morgan fingerprint density at radius 1 is 1.13 bits per heavy atom. The van der Waals surface area contributed by atoms with Crippen molar-refractivity contribution in [2.45, 2.75) is 37.5 Å². The van der Waals surface area contributed by atoms with Crippen LogP contribution in [0.5, 0.6) is 5.88 Å². The highest BCUT2D eigenvalue weighted by atomic mass is 32.1. The zero-order chi connectivity index (χ0) is 26.9. The molecular weight excluding hydrogens is 533 g/mol. The lowest BCUT2D eigenvalue weighted by Gasteiger charge is -2.31. The highest BCUT2D eigenvalue weighted by Gasteiger charge is 2.34. The number of likely N-dealkylation sites (tertiary alicyclic amines) is 1. The number of ether oxygens (including phenoxy) is 1. The summed E-state index contributed by atoms with van der Waals surface area (Å²) >= 11 is 1.44. The monoisotopic (exact) mass is 553 g/mol. The number of benzene rings is 1. The Balaban J connectivity index is 1.13. The van der Waals surface area contributed by atoms with Crippen LogP contribution in [0.15, 0.2) is 41.1 Å². The minimum absolute atomic E-state index is 0.0933. The van der Waals surface area contributed by atoms with Crippen LogP contribution in [-0.4, -0.2) is 51.2 Å². The van der Waals surface area contributed by atoms with Crippen molar-refractivity contribution >= 4 is 23.0 Å². The summed E-state index contributed by atoms with van der Waals surface area (Å²) in [5.74, 6) is -2.04. The van der Waals surface area contributed by atoms with E-state index in [1.54, 1.807) is 4.90 Å². The summed E-state index contributed by atoms with van der Waals surface area (Å²) in [5.41, 5.74) is -0.278. The number of amides is 1. The average molecular weight is 554 g/mol. The maximum atomic E-state index is 14.1. The molecule has 5 rings (SSSR count). The minimum Gasteiger partial charge on any atom is -0.466 e. The summed E-state index contributed by atoms with van der Waals surface area (Å²) in [6, 6.07) is 3.63. The van der Waals surface area contributed by atoms with E-state index in [0.717, 1.165) is 11.2 Å². The number of halogens is 5. The minimum atomic E-state index is -4.66. The van der Waals surface area contributed by atoms with Gasteiger partial charge in [0.15, 0.2) is 18.4 Å². The van der Waals surface area contributed by atoms with Crippen molar-refractivity contribution in [1.29, 1.82) is 0 Å². The summed E-state index contributed by atoms with van der Waals surface area (Å²) < 4.78 is 71.6. The molecule has 2 aliphatic heterocycles. The fraction of sp³-hybridized carbons (Fsp3) is 0.375. The van der Waals surface area contributed by atoms with Gasteiger partial charge in [-0.1, -0.05) is 11.2 Å². The molecule has 0 spiro atoms. The Bertz CT molecular complexity index is 1340. The number of carbonyl (C=O) groups excluding carboxylic acids is 1. The third-order valence-electron chi connectivity index (χ3n) is 6.25. The largest absolute Gasteiger partial charge is 0.466 e. The average Bonchev–Trinajstić information content (AvgIpc) is 3.57. The Morgan fingerprint density at radius 3 is 2.58 bits per heavy atom. The summed E-state index contributed by atoms with van der Waals surface area (Å²) in [6.45, 7) is 0.398. The molecule has 1 aromatic carbocycles. The van der Waals surface area contributed by atoms with Crippen molar-refractivity contribution in [3.8, 4) is 5.88 Å². The molecule has 1 fully saturated rings. The number of oxime groups is 1. The first-order chi connectivity index (χ1) is 18.2. The van der Waals surface area contributed by atoms with Crippen molar-refractivity contribution in [2.24, 2.45) is 5.16 Å². The molecule has 2 aliphatic rings. The van der Waals surface area contributed by atoms with Gasteiger partial charge in [-0.3, -0.25) is 9.78 Å². The Hall–Kier alpha value is -3.68. The van der Waals surface area contributed by atoms with E-state index in [1.807, 2.05) is 5.38 Å². The maximum absolute atomic E-state index is 14.1. The molecule has 0 bridgehead atoms. The topological polar surface area (TPSA) is 89.8 Å². The zero-order valence-electron chi connectivity index (χ0n) is 19.6. The van der Waals surface area contributed by atoms with Crippen LogP contribution in [0.2, 0.25) is 0 Å². The molecule has 2 aromatic heterocycles. The number of alkyl halides is 3. The first-order valence-electron chi connectivity index (χ1n) is 11.6. The molecule has 4 heterocycles. The molecule has 0 N–H and O–H groups in total. The molecule has 3 aromatic rings. The van der Waals surface area contributed by atoms with Gasteiger partial charge in [-0.2, -0.15) is 13.2 Å². The van der Waals surface area contributed by atoms with Gasteiger partial charge in [-0.15, -0.1) is 11.3 Å². The maximum Gasteiger partial charge on any atom is 0.435 e. The van der Waals surface area contributed by atoms with E-state index in [1.165, 1.54) is 29.5 Å². The van der Waals surface area contributed by atoms with Gasteiger partial charge in [0.25, 0.3) is 5.91 Å². The fourth-order valence-electron chi connectivity index (χ4n) is 4.27. The first kappa shape index (κ1) is 25.9. The van der Waals surface area contributed by atoms with Crippen molar-refractivity contribution in [3.63, 3.8) is 0 Å². The number of rotatable bonds is 6. The molecule has 14 heteroatoms. The lowest BCUT2D eigenvalue weighted by atomic mass is 9.97. The van der Waals surface area contributed by atoms with Crippen LogP contribution in [-0.2, 0) is 15.8 Å². The molecule has 1 unspecified atom stereocenters. The quantitative estimate of drug-likeness (QED) is 0.405. The summed E-state index contributed by atoms with van der Waals surface area (Å²) in [5, 5.41) is 6.66. The third-order valence-corrected chi connectivity index (χ3v) is 7.26. The van der Waals surface area contributed by atoms with Gasteiger partial charge < -0.3 is 14.5 Å². The number of aromatic nitrogens is 3. The highest BCUT2D eigenvalue weighted by Crippen LogP contribution is 2.35. The van der Waals surface area contributed by atoms with Crippen LogP contribution in [0.25, 0.3) is 0 Å². The second-order valence-corrected chi connectivity index (χ2v) is 9.62. The molecule has 0 saturated carbocycles. The standard InChI is InChI=1S/C24H20F5N5O3S/c25-14-2-1-3-15(26)22(14)18-8-16(33-37-18)17-12-38-23(31-17)13-4-6-34(7-5-13)21(35)11-36-20-10-30-9-19(32-20)24(27,28)29/h1-3,9-10,12-13,18H,4-8,11H2. The zero-order valence-corrected chi connectivity index (χ0v) is 20.4. The van der Waals surface area contributed by atoms with Crippen LogP contribution in [0.3, 0.4) is 0 Å². The van der Waals surface area contributed by atoms with Crippen molar-refractivity contribution in [2.75, 3.05) is 19.7 Å². The summed E-state index contributed by atoms with van der Waals surface area (Å²) in [7, 11) is 0. The molecule has 8 nitrogen and oxygen atoms in total. The van der Waals surface area contributed by atoms with Gasteiger partial charge in [-0.25, -0.2) is 18.7 Å². The lowest BCUT2D eigenvalue weighted by molar-refractivity contribution is -0.141. The number of thiazole rings is 1. The van der Waals surface area contributed by atoms with Crippen LogP contribution in [0.4, 0.5) is 22.0 Å². The third kappa shape index (κ3) is 5.59. The van der Waals surface area contributed by atoms with Crippen molar-refractivity contribution in [1.82, 2.24) is 19.9 Å². The second-order valence-electron chi connectivity index (χ2n) is 8.73. The molecule has 38 heavy (non-hydrogen) atoms. The SMILES string of the molecule is O=C(COc1cncc(C(F)(F)F)n1)N1CCC(c2nc(C3=NOC(c4c(F)cccc4F)C3)cs2)CC1. The van der Waals surface area contributed by atoms with Crippen molar-refractivity contribution < 1.29 is 36.3 Å². The fourth-order valence-corrected chi connectivity index (χ4v) is 5.27. The van der Waals surface area contributed by atoms with Crippen LogP contribution in [0, 0.1) is 11.6 Å². The molecule has 200 valence electrons. The van der Waals surface area contributed by atoms with E-state index in [4.69, 9.17) is 9.57 Å². The van der Waals surface area contributed by atoms with E-state index in [0.29, 0.717) is 43.5 Å². The first-order valence-corrected chi connectivity index (χ1v) is 12.5. The van der Waals surface area contributed by atoms with Crippen LogP contribution < -0.4 is 4.74 Å². The Morgan fingerprint density at radius 2 is 1.87 bits per heavy atom. The smallest absolute Gasteiger partial charge is 0.435 e. The number of piperidine rings is 1.